The number of ether oxygens (including phenoxy) is 1. The molecule has 0 unspecified atom stereocenters. The summed E-state index contributed by atoms with van der Waals surface area (Å²) in [5.74, 6) is -3.78. The van der Waals surface area contributed by atoms with Crippen LogP contribution >= 0.6 is 0 Å². The van der Waals surface area contributed by atoms with Crippen molar-refractivity contribution < 1.29 is 27.9 Å². The fourth-order valence-electron chi connectivity index (χ4n) is 2.23. The lowest BCUT2D eigenvalue weighted by molar-refractivity contribution is -0.126. The molecule has 28 heavy (non-hydrogen) atoms. The van der Waals surface area contributed by atoms with Gasteiger partial charge in [0.25, 0.3) is 5.91 Å². The fourth-order valence-corrected chi connectivity index (χ4v) is 2.23. The Morgan fingerprint density at radius 1 is 0.964 bits per heavy atom. The molecule has 0 atom stereocenters. The average Bonchev–Trinajstić information content (AvgIpc) is 2.67. The quantitative estimate of drug-likeness (QED) is 0.712. The highest BCUT2D eigenvalue weighted by Gasteiger charge is 2.12. The first-order valence-electron chi connectivity index (χ1n) is 8.55. The van der Waals surface area contributed by atoms with E-state index < -0.39 is 42.6 Å². The molecule has 0 spiro atoms. The van der Waals surface area contributed by atoms with Gasteiger partial charge in [0, 0.05) is 11.8 Å². The van der Waals surface area contributed by atoms with Gasteiger partial charge in [0.2, 0.25) is 5.91 Å². The highest BCUT2D eigenvalue weighted by molar-refractivity contribution is 5.95. The number of hydrogen-bond acceptors (Lipinski definition) is 4. The van der Waals surface area contributed by atoms with Crippen LogP contribution in [-0.4, -0.2) is 30.9 Å². The van der Waals surface area contributed by atoms with E-state index >= 15 is 0 Å². The number of nitrogens with one attached hydrogen (secondary N) is 2. The Morgan fingerprint density at radius 3 is 2.25 bits per heavy atom. The second kappa shape index (κ2) is 9.59. The van der Waals surface area contributed by atoms with Crippen molar-refractivity contribution >= 4 is 23.5 Å². The van der Waals surface area contributed by atoms with Crippen molar-refractivity contribution in [3.05, 3.63) is 65.2 Å². The van der Waals surface area contributed by atoms with Crippen LogP contribution in [0.5, 0.6) is 0 Å². The Kier molecular flexibility index (Phi) is 7.20. The number of anilines is 1. The molecule has 0 aromatic heterocycles. The Morgan fingerprint density at radius 2 is 1.64 bits per heavy atom. The lowest BCUT2D eigenvalue weighted by Crippen LogP contribution is -2.35. The maximum absolute atomic E-state index is 13.1. The van der Waals surface area contributed by atoms with Crippen molar-refractivity contribution in [1.29, 1.82) is 0 Å². The van der Waals surface area contributed by atoms with Crippen molar-refractivity contribution in [3.8, 4) is 0 Å². The largest absolute Gasteiger partial charge is 0.452 e. The Balaban J connectivity index is 1.75. The molecule has 0 fully saturated rings. The molecular formula is C20H20F2N2O4. The molecule has 2 N–H and O–H groups in total. The Hall–Kier alpha value is -3.29. The topological polar surface area (TPSA) is 84.5 Å². The highest BCUT2D eigenvalue weighted by Crippen LogP contribution is 2.15. The lowest BCUT2D eigenvalue weighted by Gasteiger charge is -2.09. The molecule has 0 saturated carbocycles. The third-order valence-corrected chi connectivity index (χ3v) is 3.80. The molecule has 8 heteroatoms. The van der Waals surface area contributed by atoms with Gasteiger partial charge in [-0.25, -0.2) is 13.6 Å². The minimum absolute atomic E-state index is 0.0504. The second-order valence-corrected chi connectivity index (χ2v) is 6.31. The van der Waals surface area contributed by atoms with E-state index in [1.54, 1.807) is 12.1 Å². The number of rotatable bonds is 7. The summed E-state index contributed by atoms with van der Waals surface area (Å²) in [6.07, 6.45) is 0. The van der Waals surface area contributed by atoms with Gasteiger partial charge in [-0.05, 0) is 35.7 Å². The molecule has 2 aromatic rings. The van der Waals surface area contributed by atoms with Gasteiger partial charge in [-0.1, -0.05) is 26.0 Å². The van der Waals surface area contributed by atoms with E-state index in [2.05, 4.69) is 10.6 Å². The molecule has 0 saturated heterocycles. The molecule has 0 aliphatic carbocycles. The van der Waals surface area contributed by atoms with Gasteiger partial charge in [0.15, 0.2) is 18.2 Å². The normalized spacial score (nSPS) is 10.5. The van der Waals surface area contributed by atoms with Crippen LogP contribution in [0.1, 0.15) is 35.7 Å². The van der Waals surface area contributed by atoms with E-state index in [0.717, 1.165) is 17.7 Å². The standard InChI is InChI=1S/C20H20F2N2O4/c1-12(2)13-3-5-14(6-4-13)20(27)28-11-19(26)23-10-18(25)24-15-7-8-16(21)17(22)9-15/h3-9,12H,10-11H2,1-2H3,(H,23,26)(H,24,25). The van der Waals surface area contributed by atoms with Crippen LogP contribution in [-0.2, 0) is 14.3 Å². The summed E-state index contributed by atoms with van der Waals surface area (Å²) in [5.41, 5.74) is 1.43. The smallest absolute Gasteiger partial charge is 0.338 e. The third-order valence-electron chi connectivity index (χ3n) is 3.80. The van der Waals surface area contributed by atoms with Crippen molar-refractivity contribution in [2.75, 3.05) is 18.5 Å². The third kappa shape index (κ3) is 6.15. The maximum atomic E-state index is 13.1. The summed E-state index contributed by atoms with van der Waals surface area (Å²) < 4.78 is 30.8. The van der Waals surface area contributed by atoms with E-state index in [4.69, 9.17) is 4.74 Å². The maximum Gasteiger partial charge on any atom is 0.338 e. The lowest BCUT2D eigenvalue weighted by atomic mass is 10.0. The molecule has 2 rings (SSSR count). The van der Waals surface area contributed by atoms with Crippen LogP contribution < -0.4 is 10.6 Å². The molecule has 0 heterocycles. The van der Waals surface area contributed by atoms with Gasteiger partial charge in [-0.3, -0.25) is 9.59 Å². The fraction of sp³-hybridized carbons (Fsp3) is 0.250. The zero-order valence-corrected chi connectivity index (χ0v) is 15.4. The molecule has 2 aromatic carbocycles. The summed E-state index contributed by atoms with van der Waals surface area (Å²) in [4.78, 5) is 35.3. The van der Waals surface area contributed by atoms with E-state index in [-0.39, 0.29) is 5.69 Å². The average molecular weight is 390 g/mol. The van der Waals surface area contributed by atoms with Crippen molar-refractivity contribution in [1.82, 2.24) is 5.32 Å². The first-order valence-corrected chi connectivity index (χ1v) is 8.55. The van der Waals surface area contributed by atoms with Crippen LogP contribution in [0.15, 0.2) is 42.5 Å². The van der Waals surface area contributed by atoms with Gasteiger partial charge in [-0.15, -0.1) is 0 Å². The van der Waals surface area contributed by atoms with Crippen LogP contribution in [0.2, 0.25) is 0 Å². The summed E-state index contributed by atoms with van der Waals surface area (Å²) in [7, 11) is 0. The zero-order chi connectivity index (χ0) is 20.7. The molecule has 0 bridgehead atoms. The van der Waals surface area contributed by atoms with Crippen LogP contribution in [0.4, 0.5) is 14.5 Å². The monoisotopic (exact) mass is 390 g/mol. The van der Waals surface area contributed by atoms with Crippen molar-refractivity contribution in [2.24, 2.45) is 0 Å². The van der Waals surface area contributed by atoms with Gasteiger partial charge >= 0.3 is 5.97 Å². The van der Waals surface area contributed by atoms with Gasteiger partial charge in [0.05, 0.1) is 12.1 Å². The summed E-state index contributed by atoms with van der Waals surface area (Å²) >= 11 is 0. The minimum Gasteiger partial charge on any atom is -0.452 e. The van der Waals surface area contributed by atoms with E-state index in [1.807, 2.05) is 26.0 Å². The van der Waals surface area contributed by atoms with E-state index in [9.17, 15) is 23.2 Å². The number of benzene rings is 2. The SMILES string of the molecule is CC(C)c1ccc(C(=O)OCC(=O)NCC(=O)Nc2ccc(F)c(F)c2)cc1. The van der Waals surface area contributed by atoms with Gasteiger partial charge in [-0.2, -0.15) is 0 Å². The molecule has 0 aliphatic rings. The first-order chi connectivity index (χ1) is 13.3. The molecule has 0 aliphatic heterocycles. The molecule has 2 amide bonds. The molecular weight excluding hydrogens is 370 g/mol. The van der Waals surface area contributed by atoms with E-state index in [1.165, 1.54) is 6.07 Å². The van der Waals surface area contributed by atoms with Crippen LogP contribution in [0.25, 0.3) is 0 Å². The summed E-state index contributed by atoms with van der Waals surface area (Å²) in [6.45, 7) is 3.09. The molecule has 0 radical (unpaired) electrons. The number of carbonyl (C=O) groups excluding carboxylic acids is 3. The number of amides is 2. The minimum atomic E-state index is -1.10. The Labute approximate surface area is 160 Å². The highest BCUT2D eigenvalue weighted by atomic mass is 19.2. The zero-order valence-electron chi connectivity index (χ0n) is 15.4. The number of carbonyl (C=O) groups is 3. The number of esters is 1. The van der Waals surface area contributed by atoms with Crippen LogP contribution in [0.3, 0.4) is 0 Å². The number of hydrogen-bond donors (Lipinski definition) is 2. The predicted molar refractivity (Wildman–Crippen MR) is 98.8 cm³/mol. The molecule has 148 valence electrons. The van der Waals surface area contributed by atoms with Gasteiger partial charge in [0.1, 0.15) is 0 Å². The number of halogens is 2. The Bertz CT molecular complexity index is 867. The van der Waals surface area contributed by atoms with Crippen molar-refractivity contribution in [2.45, 2.75) is 19.8 Å². The summed E-state index contributed by atoms with van der Waals surface area (Å²) in [5, 5.41) is 4.57. The second-order valence-electron chi connectivity index (χ2n) is 6.31. The summed E-state index contributed by atoms with van der Waals surface area (Å²) in [6, 6.07) is 9.73. The predicted octanol–water partition coefficient (Wildman–Crippen LogP) is 3.00. The molecule has 6 nitrogen and oxygen atoms in total. The van der Waals surface area contributed by atoms with Crippen LogP contribution in [0, 0.1) is 11.6 Å². The van der Waals surface area contributed by atoms with E-state index in [0.29, 0.717) is 11.5 Å². The first kappa shape index (κ1) is 21.0. The van der Waals surface area contributed by atoms with Gasteiger partial charge < -0.3 is 15.4 Å². The van der Waals surface area contributed by atoms with Crippen molar-refractivity contribution in [3.63, 3.8) is 0 Å².